The molecule has 0 aliphatic heterocycles. The zero-order valence-electron chi connectivity index (χ0n) is 12.8. The normalized spacial score (nSPS) is 10.8. The smallest absolute Gasteiger partial charge is 0.270 e. The highest BCUT2D eigenvalue weighted by atomic mass is 16.6. The summed E-state index contributed by atoms with van der Waals surface area (Å²) in [6.07, 6.45) is 0. The van der Waals surface area contributed by atoms with E-state index in [0.717, 1.165) is 33.3 Å². The van der Waals surface area contributed by atoms with Gasteiger partial charge in [0.1, 0.15) is 0 Å². The molecule has 1 aromatic heterocycles. The summed E-state index contributed by atoms with van der Waals surface area (Å²) in [6.45, 7) is 0. The summed E-state index contributed by atoms with van der Waals surface area (Å²) < 4.78 is 0. The second kappa shape index (κ2) is 5.66. The summed E-state index contributed by atoms with van der Waals surface area (Å²) in [6, 6.07) is 24.8. The van der Waals surface area contributed by atoms with Gasteiger partial charge < -0.3 is 4.98 Å². The van der Waals surface area contributed by atoms with Crippen molar-refractivity contribution in [1.82, 2.24) is 4.98 Å². The van der Waals surface area contributed by atoms with Gasteiger partial charge in [-0.05, 0) is 17.2 Å². The Morgan fingerprint density at radius 1 is 0.792 bits per heavy atom. The lowest BCUT2D eigenvalue weighted by molar-refractivity contribution is -0.384. The molecule has 4 heteroatoms. The lowest BCUT2D eigenvalue weighted by Gasteiger charge is -2.06. The van der Waals surface area contributed by atoms with Gasteiger partial charge in [0.2, 0.25) is 0 Å². The van der Waals surface area contributed by atoms with Gasteiger partial charge in [-0.3, -0.25) is 10.1 Å². The van der Waals surface area contributed by atoms with Crippen LogP contribution in [-0.2, 0) is 0 Å². The third-order valence-electron chi connectivity index (χ3n) is 4.11. The van der Waals surface area contributed by atoms with E-state index in [4.69, 9.17) is 0 Å². The first-order valence-electron chi connectivity index (χ1n) is 7.65. The number of hydrogen-bond acceptors (Lipinski definition) is 2. The summed E-state index contributed by atoms with van der Waals surface area (Å²) in [4.78, 5) is 14.2. The fraction of sp³-hybridized carbons (Fsp3) is 0. The number of nitro benzene ring substituents is 1. The van der Waals surface area contributed by atoms with Gasteiger partial charge in [-0.15, -0.1) is 0 Å². The largest absolute Gasteiger partial charge is 0.354 e. The second-order valence-electron chi connectivity index (χ2n) is 5.59. The highest BCUT2D eigenvalue weighted by molar-refractivity contribution is 6.03. The van der Waals surface area contributed by atoms with Crippen LogP contribution in [0.5, 0.6) is 0 Å². The molecule has 0 atom stereocenters. The van der Waals surface area contributed by atoms with Crippen LogP contribution in [0, 0.1) is 10.1 Å². The minimum absolute atomic E-state index is 0.0943. The van der Waals surface area contributed by atoms with Crippen LogP contribution in [0.15, 0.2) is 78.9 Å². The first kappa shape index (κ1) is 14.2. The second-order valence-corrected chi connectivity index (χ2v) is 5.59. The number of H-pyrrole nitrogens is 1. The van der Waals surface area contributed by atoms with Crippen molar-refractivity contribution in [2.75, 3.05) is 0 Å². The van der Waals surface area contributed by atoms with Crippen LogP contribution >= 0.6 is 0 Å². The average molecular weight is 314 g/mol. The lowest BCUT2D eigenvalue weighted by Crippen LogP contribution is -1.89. The van der Waals surface area contributed by atoms with Crippen LogP contribution in [0.4, 0.5) is 5.69 Å². The maximum absolute atomic E-state index is 11.1. The van der Waals surface area contributed by atoms with Gasteiger partial charge in [-0.1, -0.05) is 60.7 Å². The molecule has 0 radical (unpaired) electrons. The number of non-ortho nitro benzene ring substituents is 1. The number of hydrogen-bond donors (Lipinski definition) is 1. The molecule has 4 aromatic rings. The first-order chi connectivity index (χ1) is 11.7. The number of nitrogens with zero attached hydrogens (tertiary/aromatic N) is 1. The monoisotopic (exact) mass is 314 g/mol. The standard InChI is InChI=1S/C20H14N2O2/c23-22(24)16-10-6-9-15(13-16)19-17-11-4-5-12-18(17)21-20(19)14-7-2-1-3-8-14/h1-13,21H. The Morgan fingerprint density at radius 2 is 1.50 bits per heavy atom. The Morgan fingerprint density at radius 3 is 2.29 bits per heavy atom. The highest BCUT2D eigenvalue weighted by Crippen LogP contribution is 2.39. The summed E-state index contributed by atoms with van der Waals surface area (Å²) in [5, 5.41) is 12.2. The topological polar surface area (TPSA) is 58.9 Å². The van der Waals surface area contributed by atoms with Gasteiger partial charge in [-0.25, -0.2) is 0 Å². The van der Waals surface area contributed by atoms with E-state index in [-0.39, 0.29) is 10.6 Å². The predicted molar refractivity (Wildman–Crippen MR) is 95.8 cm³/mol. The van der Waals surface area contributed by atoms with Gasteiger partial charge in [0.25, 0.3) is 5.69 Å². The van der Waals surface area contributed by atoms with Crippen LogP contribution in [-0.4, -0.2) is 9.91 Å². The number of nitro groups is 1. The van der Waals surface area contributed by atoms with Crippen molar-refractivity contribution in [3.05, 3.63) is 89.0 Å². The molecule has 1 heterocycles. The van der Waals surface area contributed by atoms with E-state index < -0.39 is 0 Å². The van der Waals surface area contributed by atoms with Crippen LogP contribution in [0.3, 0.4) is 0 Å². The fourth-order valence-electron chi connectivity index (χ4n) is 3.04. The number of fused-ring (bicyclic) bond motifs is 1. The predicted octanol–water partition coefficient (Wildman–Crippen LogP) is 5.41. The molecular weight excluding hydrogens is 300 g/mol. The van der Waals surface area contributed by atoms with Crippen molar-refractivity contribution >= 4 is 16.6 Å². The number of rotatable bonds is 3. The number of aromatic nitrogens is 1. The Hall–Kier alpha value is -3.40. The fourth-order valence-corrected chi connectivity index (χ4v) is 3.04. The van der Waals surface area contributed by atoms with Gasteiger partial charge >= 0.3 is 0 Å². The molecule has 0 saturated heterocycles. The molecule has 4 nitrogen and oxygen atoms in total. The summed E-state index contributed by atoms with van der Waals surface area (Å²) in [7, 11) is 0. The molecule has 0 amide bonds. The average Bonchev–Trinajstić information content (AvgIpc) is 3.02. The molecular formula is C20H14N2O2. The number of nitrogens with one attached hydrogen (secondary N) is 1. The van der Waals surface area contributed by atoms with E-state index in [0.29, 0.717) is 0 Å². The summed E-state index contributed by atoms with van der Waals surface area (Å²) in [5.41, 5.74) is 4.95. The molecule has 0 saturated carbocycles. The summed E-state index contributed by atoms with van der Waals surface area (Å²) >= 11 is 0. The van der Waals surface area contributed by atoms with Crippen molar-refractivity contribution in [3.8, 4) is 22.4 Å². The molecule has 0 spiro atoms. The maximum Gasteiger partial charge on any atom is 0.270 e. The molecule has 0 unspecified atom stereocenters. The Labute approximate surface area is 138 Å². The van der Waals surface area contributed by atoms with Crippen molar-refractivity contribution in [2.24, 2.45) is 0 Å². The van der Waals surface area contributed by atoms with Crippen LogP contribution < -0.4 is 0 Å². The van der Waals surface area contributed by atoms with E-state index in [1.165, 1.54) is 6.07 Å². The van der Waals surface area contributed by atoms with Crippen molar-refractivity contribution < 1.29 is 4.92 Å². The number of aromatic amines is 1. The highest BCUT2D eigenvalue weighted by Gasteiger charge is 2.16. The molecule has 24 heavy (non-hydrogen) atoms. The Bertz CT molecular complexity index is 1040. The van der Waals surface area contributed by atoms with E-state index in [9.17, 15) is 10.1 Å². The van der Waals surface area contributed by atoms with Gasteiger partial charge in [-0.2, -0.15) is 0 Å². The molecule has 4 rings (SSSR count). The molecule has 1 N–H and O–H groups in total. The minimum atomic E-state index is -0.361. The van der Waals surface area contributed by atoms with E-state index >= 15 is 0 Å². The van der Waals surface area contributed by atoms with E-state index in [1.54, 1.807) is 12.1 Å². The lowest BCUT2D eigenvalue weighted by atomic mass is 9.98. The Balaban J connectivity index is 2.03. The molecule has 3 aromatic carbocycles. The van der Waals surface area contributed by atoms with Crippen molar-refractivity contribution in [2.45, 2.75) is 0 Å². The summed E-state index contributed by atoms with van der Waals surface area (Å²) in [5.74, 6) is 0. The van der Waals surface area contributed by atoms with Crippen LogP contribution in [0.2, 0.25) is 0 Å². The SMILES string of the molecule is O=[N+]([O-])c1cccc(-c2c(-c3ccccc3)[nH]c3ccccc23)c1. The van der Waals surface area contributed by atoms with Gasteiger partial charge in [0.05, 0.1) is 10.6 Å². The van der Waals surface area contributed by atoms with Crippen LogP contribution in [0.25, 0.3) is 33.3 Å². The minimum Gasteiger partial charge on any atom is -0.354 e. The quantitative estimate of drug-likeness (QED) is 0.406. The van der Waals surface area contributed by atoms with Crippen molar-refractivity contribution in [1.29, 1.82) is 0 Å². The first-order valence-corrected chi connectivity index (χ1v) is 7.65. The van der Waals surface area contributed by atoms with E-state index in [1.807, 2.05) is 60.7 Å². The van der Waals surface area contributed by atoms with E-state index in [2.05, 4.69) is 4.98 Å². The van der Waals surface area contributed by atoms with Crippen LogP contribution in [0.1, 0.15) is 0 Å². The molecule has 0 bridgehead atoms. The molecule has 116 valence electrons. The molecule has 0 fully saturated rings. The zero-order valence-corrected chi connectivity index (χ0v) is 12.8. The zero-order chi connectivity index (χ0) is 16.5. The molecule has 0 aliphatic rings. The third kappa shape index (κ3) is 2.34. The maximum atomic E-state index is 11.1. The third-order valence-corrected chi connectivity index (χ3v) is 4.11. The Kier molecular flexibility index (Phi) is 3.35. The number of benzene rings is 3. The molecule has 0 aliphatic carbocycles. The van der Waals surface area contributed by atoms with Gasteiger partial charge in [0.15, 0.2) is 0 Å². The van der Waals surface area contributed by atoms with Crippen molar-refractivity contribution in [3.63, 3.8) is 0 Å². The number of para-hydroxylation sites is 1. The van der Waals surface area contributed by atoms with Gasteiger partial charge in [0, 0.05) is 28.6 Å².